The normalized spacial score (nSPS) is 12.6. The smallest absolute Gasteiger partial charge is 0.0705 e. The quantitative estimate of drug-likeness (QED) is 0.723. The Morgan fingerprint density at radius 2 is 2.24 bits per heavy atom. The second-order valence-corrected chi connectivity index (χ2v) is 5.25. The zero-order chi connectivity index (χ0) is 12.5. The molecule has 2 nitrogen and oxygen atoms in total. The average molecular weight is 253 g/mol. The van der Waals surface area contributed by atoms with Crippen LogP contribution in [0.4, 0.5) is 0 Å². The molecule has 0 radical (unpaired) electrons. The molecule has 0 saturated heterocycles. The van der Waals surface area contributed by atoms with Crippen LogP contribution >= 0.6 is 11.8 Å². The Bertz CT molecular complexity index is 317. The SMILES string of the molecule is CCOC(CN)CCSCc1cccc(C)c1. The lowest BCUT2D eigenvalue weighted by atomic mass is 10.2. The minimum Gasteiger partial charge on any atom is -0.377 e. The number of hydrogen-bond donors (Lipinski definition) is 1. The topological polar surface area (TPSA) is 35.2 Å². The summed E-state index contributed by atoms with van der Waals surface area (Å²) in [6, 6.07) is 8.68. The van der Waals surface area contributed by atoms with E-state index in [1.165, 1.54) is 11.1 Å². The molecule has 96 valence electrons. The van der Waals surface area contributed by atoms with Crippen molar-refractivity contribution in [3.05, 3.63) is 35.4 Å². The summed E-state index contributed by atoms with van der Waals surface area (Å²) in [6.45, 7) is 5.53. The van der Waals surface area contributed by atoms with Crippen LogP contribution in [0.2, 0.25) is 0 Å². The summed E-state index contributed by atoms with van der Waals surface area (Å²) in [5.41, 5.74) is 8.37. The molecule has 0 heterocycles. The van der Waals surface area contributed by atoms with Gasteiger partial charge in [0.15, 0.2) is 0 Å². The van der Waals surface area contributed by atoms with Gasteiger partial charge in [-0.25, -0.2) is 0 Å². The van der Waals surface area contributed by atoms with Crippen molar-refractivity contribution in [2.45, 2.75) is 32.1 Å². The van der Waals surface area contributed by atoms with E-state index in [1.807, 2.05) is 18.7 Å². The molecular formula is C14H23NOS. The molecule has 1 aromatic rings. The fourth-order valence-electron chi connectivity index (χ4n) is 1.71. The van der Waals surface area contributed by atoms with Gasteiger partial charge in [-0.15, -0.1) is 0 Å². The summed E-state index contributed by atoms with van der Waals surface area (Å²) in [4.78, 5) is 0. The van der Waals surface area contributed by atoms with Gasteiger partial charge in [0.05, 0.1) is 6.10 Å². The highest BCUT2D eigenvalue weighted by Gasteiger charge is 2.05. The molecule has 0 aliphatic carbocycles. The van der Waals surface area contributed by atoms with Gasteiger partial charge in [0.2, 0.25) is 0 Å². The van der Waals surface area contributed by atoms with Crippen molar-refractivity contribution in [2.75, 3.05) is 18.9 Å². The first-order chi connectivity index (χ1) is 8.26. The van der Waals surface area contributed by atoms with Gasteiger partial charge in [0, 0.05) is 18.9 Å². The molecular weight excluding hydrogens is 230 g/mol. The highest BCUT2D eigenvalue weighted by Crippen LogP contribution is 2.15. The highest BCUT2D eigenvalue weighted by atomic mass is 32.2. The Kier molecular flexibility index (Phi) is 7.33. The predicted octanol–water partition coefficient (Wildman–Crippen LogP) is 2.98. The van der Waals surface area contributed by atoms with Crippen LogP contribution in [0.5, 0.6) is 0 Å². The molecule has 1 unspecified atom stereocenters. The van der Waals surface area contributed by atoms with E-state index >= 15 is 0 Å². The monoisotopic (exact) mass is 253 g/mol. The predicted molar refractivity (Wildman–Crippen MR) is 76.4 cm³/mol. The summed E-state index contributed by atoms with van der Waals surface area (Å²) in [5, 5.41) is 0. The molecule has 0 aliphatic heterocycles. The van der Waals surface area contributed by atoms with Gasteiger partial charge in [0.1, 0.15) is 0 Å². The van der Waals surface area contributed by atoms with E-state index in [0.717, 1.165) is 24.5 Å². The van der Waals surface area contributed by atoms with Crippen molar-refractivity contribution < 1.29 is 4.74 Å². The van der Waals surface area contributed by atoms with Gasteiger partial charge in [-0.05, 0) is 31.6 Å². The zero-order valence-corrected chi connectivity index (χ0v) is 11.6. The third kappa shape index (κ3) is 6.10. The molecule has 1 rings (SSSR count). The van der Waals surface area contributed by atoms with Crippen molar-refractivity contribution >= 4 is 11.8 Å². The van der Waals surface area contributed by atoms with E-state index in [2.05, 4.69) is 31.2 Å². The third-order valence-corrected chi connectivity index (χ3v) is 3.66. The lowest BCUT2D eigenvalue weighted by Gasteiger charge is -2.14. The molecule has 2 N–H and O–H groups in total. The minimum atomic E-state index is 0.227. The van der Waals surface area contributed by atoms with Crippen molar-refractivity contribution in [2.24, 2.45) is 5.73 Å². The maximum atomic E-state index is 5.64. The number of benzene rings is 1. The van der Waals surface area contributed by atoms with Crippen molar-refractivity contribution in [1.29, 1.82) is 0 Å². The van der Waals surface area contributed by atoms with Crippen molar-refractivity contribution in [1.82, 2.24) is 0 Å². The Balaban J connectivity index is 2.19. The summed E-state index contributed by atoms with van der Waals surface area (Å²) in [7, 11) is 0. The Hall–Kier alpha value is -0.510. The molecule has 1 aromatic carbocycles. The maximum absolute atomic E-state index is 5.64. The van der Waals surface area contributed by atoms with E-state index in [1.54, 1.807) is 0 Å². The first kappa shape index (κ1) is 14.6. The number of hydrogen-bond acceptors (Lipinski definition) is 3. The first-order valence-corrected chi connectivity index (χ1v) is 7.36. The lowest BCUT2D eigenvalue weighted by molar-refractivity contribution is 0.0674. The van der Waals surface area contributed by atoms with Crippen LogP contribution in [0.15, 0.2) is 24.3 Å². The van der Waals surface area contributed by atoms with Crippen molar-refractivity contribution in [3.63, 3.8) is 0 Å². The molecule has 0 saturated carbocycles. The first-order valence-electron chi connectivity index (χ1n) is 6.21. The zero-order valence-electron chi connectivity index (χ0n) is 10.8. The Morgan fingerprint density at radius 3 is 2.88 bits per heavy atom. The number of rotatable bonds is 8. The van der Waals surface area contributed by atoms with E-state index in [9.17, 15) is 0 Å². The van der Waals surface area contributed by atoms with Gasteiger partial charge >= 0.3 is 0 Å². The van der Waals surface area contributed by atoms with Gasteiger partial charge in [-0.1, -0.05) is 29.8 Å². The third-order valence-electron chi connectivity index (χ3n) is 2.60. The number of ether oxygens (including phenoxy) is 1. The summed E-state index contributed by atoms with van der Waals surface area (Å²) >= 11 is 1.95. The standard InChI is InChI=1S/C14H23NOS/c1-3-16-14(10-15)7-8-17-11-13-6-4-5-12(2)9-13/h4-6,9,14H,3,7-8,10-11,15H2,1-2H3. The molecule has 1 atom stereocenters. The average Bonchev–Trinajstić information content (AvgIpc) is 2.33. The van der Waals surface area contributed by atoms with Crippen LogP contribution in [0, 0.1) is 6.92 Å². The molecule has 0 amide bonds. The number of nitrogens with two attached hydrogens (primary N) is 1. The minimum absolute atomic E-state index is 0.227. The molecule has 0 aliphatic rings. The molecule has 0 bridgehead atoms. The van der Waals surface area contributed by atoms with Gasteiger partial charge in [0.25, 0.3) is 0 Å². The molecule has 3 heteroatoms. The molecule has 0 fully saturated rings. The second kappa shape index (κ2) is 8.56. The summed E-state index contributed by atoms with van der Waals surface area (Å²) in [6.07, 6.45) is 1.27. The van der Waals surface area contributed by atoms with E-state index < -0.39 is 0 Å². The van der Waals surface area contributed by atoms with Crippen LogP contribution in [0.25, 0.3) is 0 Å². The largest absolute Gasteiger partial charge is 0.377 e. The van der Waals surface area contributed by atoms with Crippen LogP contribution in [-0.2, 0) is 10.5 Å². The van der Waals surface area contributed by atoms with Gasteiger partial charge in [-0.2, -0.15) is 11.8 Å². The van der Waals surface area contributed by atoms with Crippen LogP contribution in [-0.4, -0.2) is 25.0 Å². The second-order valence-electron chi connectivity index (χ2n) is 4.14. The van der Waals surface area contributed by atoms with E-state index in [0.29, 0.717) is 6.54 Å². The molecule has 17 heavy (non-hydrogen) atoms. The molecule has 0 spiro atoms. The summed E-state index contributed by atoms with van der Waals surface area (Å²) < 4.78 is 5.52. The fourth-order valence-corrected chi connectivity index (χ4v) is 2.70. The van der Waals surface area contributed by atoms with Crippen LogP contribution in [0.3, 0.4) is 0 Å². The van der Waals surface area contributed by atoms with Gasteiger partial charge in [-0.3, -0.25) is 0 Å². The van der Waals surface area contributed by atoms with E-state index in [4.69, 9.17) is 10.5 Å². The van der Waals surface area contributed by atoms with Crippen molar-refractivity contribution in [3.8, 4) is 0 Å². The van der Waals surface area contributed by atoms with Gasteiger partial charge < -0.3 is 10.5 Å². The number of aryl methyl sites for hydroxylation is 1. The molecule has 0 aromatic heterocycles. The fraction of sp³-hybridized carbons (Fsp3) is 0.571. The highest BCUT2D eigenvalue weighted by molar-refractivity contribution is 7.98. The van der Waals surface area contributed by atoms with Crippen LogP contribution < -0.4 is 5.73 Å². The Labute approximate surface area is 109 Å². The van der Waals surface area contributed by atoms with E-state index in [-0.39, 0.29) is 6.10 Å². The number of thioether (sulfide) groups is 1. The van der Waals surface area contributed by atoms with Crippen LogP contribution in [0.1, 0.15) is 24.5 Å². The summed E-state index contributed by atoms with van der Waals surface area (Å²) in [5.74, 6) is 2.18. The lowest BCUT2D eigenvalue weighted by Crippen LogP contribution is -2.24. The maximum Gasteiger partial charge on any atom is 0.0705 e. The Morgan fingerprint density at radius 1 is 1.41 bits per heavy atom.